The van der Waals surface area contributed by atoms with E-state index in [0.29, 0.717) is 11.4 Å². The van der Waals surface area contributed by atoms with Gasteiger partial charge in [0.05, 0.1) is 5.75 Å². The quantitative estimate of drug-likeness (QED) is 0.592. The van der Waals surface area contributed by atoms with E-state index in [0.717, 1.165) is 11.4 Å². The first-order valence-electron chi connectivity index (χ1n) is 5.45. The highest BCUT2D eigenvalue weighted by atomic mass is 32.2. The van der Waals surface area contributed by atoms with Crippen molar-refractivity contribution in [2.45, 2.75) is 19.8 Å². The van der Waals surface area contributed by atoms with E-state index in [1.807, 2.05) is 12.1 Å². The molecule has 0 spiro atoms. The number of hydrogen-bond acceptors (Lipinski definition) is 3. The summed E-state index contributed by atoms with van der Waals surface area (Å²) in [5.41, 5.74) is 7.06. The van der Waals surface area contributed by atoms with E-state index in [2.05, 4.69) is 12.2 Å². The summed E-state index contributed by atoms with van der Waals surface area (Å²) in [5.74, 6) is 1.61. The molecule has 0 atom stereocenters. The lowest BCUT2D eigenvalue weighted by atomic mass is 10.3. The molecular formula is C12H18N2OS. The molecule has 1 amide bonds. The predicted octanol–water partition coefficient (Wildman–Crippen LogP) is 2.74. The molecule has 16 heavy (non-hydrogen) atoms. The molecule has 0 aliphatic carbocycles. The lowest BCUT2D eigenvalue weighted by Crippen LogP contribution is -2.14. The molecule has 4 heteroatoms. The van der Waals surface area contributed by atoms with Gasteiger partial charge in [0.1, 0.15) is 0 Å². The Balaban J connectivity index is 2.26. The van der Waals surface area contributed by atoms with Crippen molar-refractivity contribution in [1.29, 1.82) is 0 Å². The molecule has 0 saturated carbocycles. The maximum Gasteiger partial charge on any atom is 0.234 e. The zero-order chi connectivity index (χ0) is 11.8. The summed E-state index contributed by atoms with van der Waals surface area (Å²) in [4.78, 5) is 11.5. The molecule has 0 bridgehead atoms. The second-order valence-electron chi connectivity index (χ2n) is 3.58. The fourth-order valence-corrected chi connectivity index (χ4v) is 2.07. The van der Waals surface area contributed by atoms with Gasteiger partial charge in [0, 0.05) is 11.4 Å². The van der Waals surface area contributed by atoms with E-state index in [1.54, 1.807) is 23.9 Å². The Morgan fingerprint density at radius 2 is 2.06 bits per heavy atom. The molecule has 0 heterocycles. The molecule has 88 valence electrons. The Hall–Kier alpha value is -1.16. The van der Waals surface area contributed by atoms with Gasteiger partial charge in [-0.05, 0) is 36.4 Å². The van der Waals surface area contributed by atoms with E-state index in [-0.39, 0.29) is 5.91 Å². The Morgan fingerprint density at radius 1 is 1.38 bits per heavy atom. The Morgan fingerprint density at radius 3 is 2.69 bits per heavy atom. The maximum atomic E-state index is 11.5. The number of amides is 1. The first kappa shape index (κ1) is 12.9. The number of nitrogen functional groups attached to an aromatic ring is 1. The molecule has 3 nitrogen and oxygen atoms in total. The molecule has 0 aliphatic rings. The van der Waals surface area contributed by atoms with E-state index in [4.69, 9.17) is 5.73 Å². The van der Waals surface area contributed by atoms with Gasteiger partial charge < -0.3 is 11.1 Å². The number of anilines is 2. The van der Waals surface area contributed by atoms with E-state index >= 15 is 0 Å². The van der Waals surface area contributed by atoms with Crippen LogP contribution in [0.15, 0.2) is 24.3 Å². The first-order valence-corrected chi connectivity index (χ1v) is 6.61. The zero-order valence-corrected chi connectivity index (χ0v) is 10.3. The molecule has 3 N–H and O–H groups in total. The van der Waals surface area contributed by atoms with Gasteiger partial charge in [-0.2, -0.15) is 11.8 Å². The summed E-state index contributed by atoms with van der Waals surface area (Å²) in [5, 5.41) is 2.83. The van der Waals surface area contributed by atoms with Gasteiger partial charge in [-0.25, -0.2) is 0 Å². The number of nitrogens with two attached hydrogens (primary N) is 1. The van der Waals surface area contributed by atoms with Crippen LogP contribution in [0.25, 0.3) is 0 Å². The van der Waals surface area contributed by atoms with Crippen molar-refractivity contribution in [3.63, 3.8) is 0 Å². The van der Waals surface area contributed by atoms with Crippen LogP contribution in [0.5, 0.6) is 0 Å². The van der Waals surface area contributed by atoms with Crippen molar-refractivity contribution in [2.24, 2.45) is 0 Å². The fraction of sp³-hybridized carbons (Fsp3) is 0.417. The van der Waals surface area contributed by atoms with Crippen LogP contribution in [0.2, 0.25) is 0 Å². The Kier molecular flexibility index (Phi) is 5.78. The van der Waals surface area contributed by atoms with E-state index < -0.39 is 0 Å². The summed E-state index contributed by atoms with van der Waals surface area (Å²) in [6, 6.07) is 7.17. The molecule has 0 fully saturated rings. The monoisotopic (exact) mass is 238 g/mol. The number of unbranched alkanes of at least 4 members (excludes halogenated alkanes) is 1. The predicted molar refractivity (Wildman–Crippen MR) is 71.7 cm³/mol. The lowest BCUT2D eigenvalue weighted by Gasteiger charge is -2.05. The highest BCUT2D eigenvalue weighted by molar-refractivity contribution is 7.99. The summed E-state index contributed by atoms with van der Waals surface area (Å²) in [7, 11) is 0. The third kappa shape index (κ3) is 5.07. The summed E-state index contributed by atoms with van der Waals surface area (Å²) in [6.45, 7) is 2.15. The van der Waals surface area contributed by atoms with Gasteiger partial charge in [0.25, 0.3) is 0 Å². The van der Waals surface area contributed by atoms with Gasteiger partial charge in [-0.3, -0.25) is 4.79 Å². The van der Waals surface area contributed by atoms with Gasteiger partial charge in [-0.1, -0.05) is 13.3 Å². The minimum absolute atomic E-state index is 0.0471. The minimum Gasteiger partial charge on any atom is -0.399 e. The largest absolute Gasteiger partial charge is 0.399 e. The molecule has 0 aromatic heterocycles. The summed E-state index contributed by atoms with van der Waals surface area (Å²) < 4.78 is 0. The van der Waals surface area contributed by atoms with Crippen LogP contribution in [0.3, 0.4) is 0 Å². The van der Waals surface area contributed by atoms with Crippen LogP contribution in [-0.4, -0.2) is 17.4 Å². The van der Waals surface area contributed by atoms with Crippen LogP contribution in [-0.2, 0) is 4.79 Å². The minimum atomic E-state index is 0.0471. The molecule has 0 radical (unpaired) electrons. The molecule has 1 rings (SSSR count). The normalized spacial score (nSPS) is 10.1. The number of rotatable bonds is 6. The maximum absolute atomic E-state index is 11.5. The second-order valence-corrected chi connectivity index (χ2v) is 4.68. The average Bonchev–Trinajstić information content (AvgIpc) is 2.28. The van der Waals surface area contributed by atoms with Crippen molar-refractivity contribution in [2.75, 3.05) is 22.6 Å². The number of carbonyl (C=O) groups excluding carboxylic acids is 1. The first-order chi connectivity index (χ1) is 7.72. The zero-order valence-electron chi connectivity index (χ0n) is 9.53. The summed E-state index contributed by atoms with van der Waals surface area (Å²) in [6.07, 6.45) is 2.34. The van der Waals surface area contributed by atoms with Gasteiger partial charge in [0.15, 0.2) is 0 Å². The van der Waals surface area contributed by atoms with Crippen molar-refractivity contribution >= 4 is 29.0 Å². The van der Waals surface area contributed by atoms with Gasteiger partial charge in [-0.15, -0.1) is 0 Å². The van der Waals surface area contributed by atoms with E-state index in [1.165, 1.54) is 12.8 Å². The van der Waals surface area contributed by atoms with Crippen molar-refractivity contribution in [3.05, 3.63) is 24.3 Å². The highest BCUT2D eigenvalue weighted by Crippen LogP contribution is 2.11. The molecular weight excluding hydrogens is 220 g/mol. The standard InChI is InChI=1S/C12H18N2OS/c1-2-3-8-16-9-12(15)14-11-6-4-10(13)5-7-11/h4-7H,2-3,8-9,13H2,1H3,(H,14,15). The third-order valence-electron chi connectivity index (χ3n) is 2.07. The molecule has 0 unspecified atom stereocenters. The van der Waals surface area contributed by atoms with E-state index in [9.17, 15) is 4.79 Å². The van der Waals surface area contributed by atoms with Crippen molar-refractivity contribution < 1.29 is 4.79 Å². The molecule has 0 aliphatic heterocycles. The summed E-state index contributed by atoms with van der Waals surface area (Å²) >= 11 is 1.67. The SMILES string of the molecule is CCCCSCC(=O)Nc1ccc(N)cc1. The lowest BCUT2D eigenvalue weighted by molar-refractivity contribution is -0.113. The number of carbonyl (C=O) groups is 1. The van der Waals surface area contributed by atoms with Crippen LogP contribution in [0.4, 0.5) is 11.4 Å². The number of nitrogens with one attached hydrogen (secondary N) is 1. The van der Waals surface area contributed by atoms with Crippen LogP contribution < -0.4 is 11.1 Å². The number of hydrogen-bond donors (Lipinski definition) is 2. The number of thioether (sulfide) groups is 1. The van der Waals surface area contributed by atoms with Crippen LogP contribution >= 0.6 is 11.8 Å². The van der Waals surface area contributed by atoms with Crippen molar-refractivity contribution in [3.8, 4) is 0 Å². The topological polar surface area (TPSA) is 55.1 Å². The second kappa shape index (κ2) is 7.17. The number of benzene rings is 1. The highest BCUT2D eigenvalue weighted by Gasteiger charge is 2.01. The van der Waals surface area contributed by atoms with Crippen molar-refractivity contribution in [1.82, 2.24) is 0 Å². The van der Waals surface area contributed by atoms with Gasteiger partial charge >= 0.3 is 0 Å². The fourth-order valence-electron chi connectivity index (χ4n) is 1.17. The smallest absolute Gasteiger partial charge is 0.234 e. The average molecular weight is 238 g/mol. The third-order valence-corrected chi connectivity index (χ3v) is 3.11. The Bertz CT molecular complexity index is 324. The molecule has 1 aromatic rings. The van der Waals surface area contributed by atoms with Gasteiger partial charge in [0.2, 0.25) is 5.91 Å². The molecule has 1 aromatic carbocycles. The Labute approximate surface area is 101 Å². The molecule has 0 saturated heterocycles. The van der Waals surface area contributed by atoms with Crippen LogP contribution in [0, 0.1) is 0 Å². The van der Waals surface area contributed by atoms with Crippen LogP contribution in [0.1, 0.15) is 19.8 Å².